The summed E-state index contributed by atoms with van der Waals surface area (Å²) in [5.74, 6) is -0.249. The van der Waals surface area contributed by atoms with Gasteiger partial charge in [0.15, 0.2) is 0 Å². The fourth-order valence-corrected chi connectivity index (χ4v) is 4.17. The lowest BCUT2D eigenvalue weighted by molar-refractivity contribution is -0.146. The second-order valence-corrected chi connectivity index (χ2v) is 8.04. The molecule has 2 aromatic carbocycles. The van der Waals surface area contributed by atoms with Crippen molar-refractivity contribution in [3.8, 4) is 0 Å². The van der Waals surface area contributed by atoms with Gasteiger partial charge >= 0.3 is 0 Å². The standard InChI is InChI=1S/C25H27FN2O3/c26-22-9-7-20(8-10-22)23-18-28(16-17-31-23)25(30)21-12-14-27(15-13-21)24(29)11-6-19-4-2-1-3-5-19/h1-11,21,23H,12-18H2. The van der Waals surface area contributed by atoms with Crippen LogP contribution in [0.4, 0.5) is 4.39 Å². The van der Waals surface area contributed by atoms with Crippen LogP contribution >= 0.6 is 0 Å². The number of rotatable bonds is 4. The molecular formula is C25H27FN2O3. The highest BCUT2D eigenvalue weighted by Gasteiger charge is 2.32. The van der Waals surface area contributed by atoms with Gasteiger partial charge in [-0.2, -0.15) is 0 Å². The highest BCUT2D eigenvalue weighted by molar-refractivity contribution is 5.92. The molecule has 2 aliphatic rings. The Morgan fingerprint density at radius 2 is 1.65 bits per heavy atom. The molecule has 1 atom stereocenters. The van der Waals surface area contributed by atoms with Gasteiger partial charge < -0.3 is 14.5 Å². The molecule has 0 radical (unpaired) electrons. The zero-order chi connectivity index (χ0) is 21.6. The smallest absolute Gasteiger partial charge is 0.246 e. The number of amides is 2. The maximum atomic E-state index is 13.2. The number of ether oxygens (including phenoxy) is 1. The number of morpholine rings is 1. The fourth-order valence-electron chi connectivity index (χ4n) is 4.17. The van der Waals surface area contributed by atoms with E-state index in [1.54, 1.807) is 18.2 Å². The van der Waals surface area contributed by atoms with Crippen molar-refractivity contribution in [3.05, 3.63) is 77.6 Å². The maximum Gasteiger partial charge on any atom is 0.246 e. The minimum Gasteiger partial charge on any atom is -0.370 e. The molecular weight excluding hydrogens is 395 g/mol. The Kier molecular flexibility index (Phi) is 6.77. The van der Waals surface area contributed by atoms with Gasteiger partial charge in [-0.15, -0.1) is 0 Å². The number of likely N-dealkylation sites (tertiary alicyclic amines) is 1. The molecule has 31 heavy (non-hydrogen) atoms. The molecule has 5 nitrogen and oxygen atoms in total. The van der Waals surface area contributed by atoms with Gasteiger partial charge in [0.2, 0.25) is 11.8 Å². The summed E-state index contributed by atoms with van der Waals surface area (Å²) in [6, 6.07) is 16.0. The van der Waals surface area contributed by atoms with Crippen LogP contribution in [0.25, 0.3) is 6.08 Å². The van der Waals surface area contributed by atoms with Gasteiger partial charge in [0, 0.05) is 31.6 Å². The molecule has 2 aromatic rings. The number of benzene rings is 2. The number of piperidine rings is 1. The molecule has 4 rings (SSSR count). The van der Waals surface area contributed by atoms with E-state index in [0.717, 1.165) is 11.1 Å². The molecule has 2 aliphatic heterocycles. The van der Waals surface area contributed by atoms with E-state index in [4.69, 9.17) is 4.74 Å². The van der Waals surface area contributed by atoms with Gasteiger partial charge in [-0.1, -0.05) is 42.5 Å². The lowest BCUT2D eigenvalue weighted by atomic mass is 9.94. The summed E-state index contributed by atoms with van der Waals surface area (Å²) in [5.41, 5.74) is 1.87. The molecule has 0 aliphatic carbocycles. The number of halogens is 1. The Labute approximate surface area is 182 Å². The SMILES string of the molecule is O=C(C=Cc1ccccc1)N1CCC(C(=O)N2CCOC(c3ccc(F)cc3)C2)CC1. The van der Waals surface area contributed by atoms with Gasteiger partial charge in [0.1, 0.15) is 11.9 Å². The molecule has 0 bridgehead atoms. The highest BCUT2D eigenvalue weighted by atomic mass is 19.1. The van der Waals surface area contributed by atoms with E-state index in [-0.39, 0.29) is 29.7 Å². The average molecular weight is 423 g/mol. The van der Waals surface area contributed by atoms with Crippen LogP contribution in [0.5, 0.6) is 0 Å². The Morgan fingerprint density at radius 3 is 2.35 bits per heavy atom. The molecule has 0 saturated carbocycles. The second-order valence-electron chi connectivity index (χ2n) is 8.04. The monoisotopic (exact) mass is 422 g/mol. The van der Waals surface area contributed by atoms with Crippen molar-refractivity contribution >= 4 is 17.9 Å². The summed E-state index contributed by atoms with van der Waals surface area (Å²) in [6.07, 6.45) is 4.53. The van der Waals surface area contributed by atoms with Crippen LogP contribution in [0.3, 0.4) is 0 Å². The zero-order valence-corrected chi connectivity index (χ0v) is 17.5. The van der Waals surface area contributed by atoms with Crippen molar-refractivity contribution in [2.75, 3.05) is 32.8 Å². The van der Waals surface area contributed by atoms with Crippen LogP contribution < -0.4 is 0 Å². The summed E-state index contributed by atoms with van der Waals surface area (Å²) in [6.45, 7) is 2.68. The van der Waals surface area contributed by atoms with E-state index in [1.165, 1.54) is 12.1 Å². The lowest BCUT2D eigenvalue weighted by Gasteiger charge is -2.37. The van der Waals surface area contributed by atoms with Crippen molar-refractivity contribution in [2.24, 2.45) is 5.92 Å². The van der Waals surface area contributed by atoms with Gasteiger partial charge in [-0.25, -0.2) is 4.39 Å². The number of carbonyl (C=O) groups excluding carboxylic acids is 2. The van der Waals surface area contributed by atoms with Crippen LogP contribution in [0.15, 0.2) is 60.7 Å². The lowest BCUT2D eigenvalue weighted by Crippen LogP contribution is -2.48. The highest BCUT2D eigenvalue weighted by Crippen LogP contribution is 2.26. The van der Waals surface area contributed by atoms with E-state index >= 15 is 0 Å². The third-order valence-electron chi connectivity index (χ3n) is 5.99. The van der Waals surface area contributed by atoms with E-state index in [0.29, 0.717) is 45.6 Å². The summed E-state index contributed by atoms with van der Waals surface area (Å²) >= 11 is 0. The first kappa shape index (κ1) is 21.2. The number of hydrogen-bond donors (Lipinski definition) is 0. The molecule has 2 fully saturated rings. The van der Waals surface area contributed by atoms with Crippen molar-refractivity contribution < 1.29 is 18.7 Å². The van der Waals surface area contributed by atoms with Gasteiger partial charge in [-0.05, 0) is 42.2 Å². The molecule has 6 heteroatoms. The average Bonchev–Trinajstić information content (AvgIpc) is 2.83. The van der Waals surface area contributed by atoms with E-state index < -0.39 is 0 Å². The van der Waals surface area contributed by atoms with Crippen LogP contribution in [-0.2, 0) is 14.3 Å². The largest absolute Gasteiger partial charge is 0.370 e. The van der Waals surface area contributed by atoms with Crippen molar-refractivity contribution in [1.29, 1.82) is 0 Å². The van der Waals surface area contributed by atoms with Crippen molar-refractivity contribution in [3.63, 3.8) is 0 Å². The molecule has 2 heterocycles. The van der Waals surface area contributed by atoms with Crippen LogP contribution in [0.2, 0.25) is 0 Å². The third-order valence-corrected chi connectivity index (χ3v) is 5.99. The first-order valence-electron chi connectivity index (χ1n) is 10.8. The molecule has 0 N–H and O–H groups in total. The van der Waals surface area contributed by atoms with Gasteiger partial charge in [0.05, 0.1) is 13.2 Å². The van der Waals surface area contributed by atoms with Crippen LogP contribution in [-0.4, -0.2) is 54.4 Å². The maximum absolute atomic E-state index is 13.2. The van der Waals surface area contributed by atoms with Crippen LogP contribution in [0.1, 0.15) is 30.1 Å². The number of hydrogen-bond acceptors (Lipinski definition) is 3. The summed E-state index contributed by atoms with van der Waals surface area (Å²) in [5, 5.41) is 0. The fraction of sp³-hybridized carbons (Fsp3) is 0.360. The van der Waals surface area contributed by atoms with Gasteiger partial charge in [0.25, 0.3) is 0 Å². The number of carbonyl (C=O) groups is 2. The summed E-state index contributed by atoms with van der Waals surface area (Å²) in [4.78, 5) is 29.2. The molecule has 1 unspecified atom stereocenters. The predicted molar refractivity (Wildman–Crippen MR) is 116 cm³/mol. The summed E-state index contributed by atoms with van der Waals surface area (Å²) in [7, 11) is 0. The molecule has 0 aromatic heterocycles. The predicted octanol–water partition coefficient (Wildman–Crippen LogP) is 3.68. The van der Waals surface area contributed by atoms with E-state index in [2.05, 4.69) is 0 Å². The topological polar surface area (TPSA) is 49.9 Å². The molecule has 2 saturated heterocycles. The molecule has 2 amide bonds. The normalized spacial score (nSPS) is 20.2. The van der Waals surface area contributed by atoms with Crippen LogP contribution in [0, 0.1) is 11.7 Å². The minimum absolute atomic E-state index is 0.0162. The van der Waals surface area contributed by atoms with Gasteiger partial charge in [-0.3, -0.25) is 9.59 Å². The minimum atomic E-state index is -0.285. The summed E-state index contributed by atoms with van der Waals surface area (Å²) < 4.78 is 19.0. The first-order chi connectivity index (χ1) is 15.1. The van der Waals surface area contributed by atoms with Crippen molar-refractivity contribution in [2.45, 2.75) is 18.9 Å². The first-order valence-corrected chi connectivity index (χ1v) is 10.8. The van der Waals surface area contributed by atoms with E-state index in [1.807, 2.05) is 46.2 Å². The Bertz CT molecular complexity index is 922. The molecule has 0 spiro atoms. The zero-order valence-electron chi connectivity index (χ0n) is 17.5. The Balaban J connectivity index is 1.29. The quantitative estimate of drug-likeness (QED) is 0.707. The van der Waals surface area contributed by atoms with E-state index in [9.17, 15) is 14.0 Å². The number of nitrogens with zero attached hydrogens (tertiary/aromatic N) is 2. The van der Waals surface area contributed by atoms with Crippen molar-refractivity contribution in [1.82, 2.24) is 9.80 Å². The Morgan fingerprint density at radius 1 is 0.935 bits per heavy atom. The second kappa shape index (κ2) is 9.88. The third kappa shape index (κ3) is 5.39. The molecule has 162 valence electrons. The Hall–Kier alpha value is -2.99.